The van der Waals surface area contributed by atoms with Gasteiger partial charge in [0.25, 0.3) is 0 Å². The fourth-order valence-corrected chi connectivity index (χ4v) is 0.475. The first kappa shape index (κ1) is 49.6. The Hall–Kier alpha value is -0.246. The number of aliphatic hydroxyl groups is 1. The van der Waals surface area contributed by atoms with Crippen LogP contribution < -0.4 is 0 Å². The Labute approximate surface area is 179 Å². The fraction of sp³-hybridized carbons (Fsp3) is 0.550. The molecule has 1 rings (SSSR count). The van der Waals surface area contributed by atoms with Crippen molar-refractivity contribution in [3.63, 3.8) is 0 Å². The van der Waals surface area contributed by atoms with Crippen molar-refractivity contribution >= 4 is 5.97 Å². The Morgan fingerprint density at radius 3 is 1.33 bits per heavy atom. The standard InChI is InChI=1S/C4H6O2.C4H9.C3H8.C2H6O.3C2H4.CH3.Y/c5-4-2-1-3-6-4;1-3-4-2;1-3-2;1-2-3;3*1-2;;/h1-3H2;1,3-4H2,2H3;3H2,1-2H3;3H,2H2,1H3;3*1-2H2;1H3;/q;-1;;;;;;-1;. The predicted molar refractivity (Wildman–Crippen MR) is 109 cm³/mol. The maximum Gasteiger partial charge on any atom is 0.305 e. The van der Waals surface area contributed by atoms with Gasteiger partial charge in [-0.1, -0.05) is 33.6 Å². The number of aliphatic hydroxyl groups excluding tert-OH is 1. The molecule has 0 bridgehead atoms. The van der Waals surface area contributed by atoms with E-state index in [0.29, 0.717) is 13.0 Å². The number of cyclic esters (lactones) is 1. The number of unbranched alkanes of at least 4 members (excludes halogenated alkanes) is 1. The van der Waals surface area contributed by atoms with Gasteiger partial charge in [0.1, 0.15) is 0 Å². The van der Waals surface area contributed by atoms with Crippen LogP contribution in [0.5, 0.6) is 0 Å². The number of esters is 1. The van der Waals surface area contributed by atoms with Crippen LogP contribution >= 0.6 is 0 Å². The van der Waals surface area contributed by atoms with Crippen LogP contribution in [0.15, 0.2) is 39.5 Å². The van der Waals surface area contributed by atoms with E-state index in [1.165, 1.54) is 12.8 Å². The third-order valence-electron chi connectivity index (χ3n) is 1.14. The Morgan fingerprint density at radius 1 is 1.04 bits per heavy atom. The molecule has 0 amide bonds. The predicted octanol–water partition coefficient (Wildman–Crippen LogP) is 6.21. The molecule has 24 heavy (non-hydrogen) atoms. The Bertz CT molecular complexity index is 137. The molecule has 1 heterocycles. The monoisotopic (exact) mass is 421 g/mol. The number of carbonyl (C=O) groups is 1. The number of carbonyl (C=O) groups excluding carboxylic acids is 1. The van der Waals surface area contributed by atoms with Crippen LogP contribution in [0.2, 0.25) is 0 Å². The van der Waals surface area contributed by atoms with Crippen LogP contribution in [-0.2, 0) is 42.2 Å². The van der Waals surface area contributed by atoms with Gasteiger partial charge in [-0.05, 0) is 13.3 Å². The van der Waals surface area contributed by atoms with Crippen molar-refractivity contribution in [3.8, 4) is 0 Å². The largest absolute Gasteiger partial charge is 0.466 e. The van der Waals surface area contributed by atoms with E-state index >= 15 is 0 Å². The number of hydrogen-bond donors (Lipinski definition) is 1. The minimum atomic E-state index is -0.0463. The van der Waals surface area contributed by atoms with E-state index in [0.717, 1.165) is 12.8 Å². The quantitative estimate of drug-likeness (QED) is 0.311. The summed E-state index contributed by atoms with van der Waals surface area (Å²) < 4.78 is 4.51. The number of rotatable bonds is 1. The summed E-state index contributed by atoms with van der Waals surface area (Å²) >= 11 is 0. The van der Waals surface area contributed by atoms with Gasteiger partial charge in [0.05, 0.1) is 6.61 Å². The third kappa shape index (κ3) is 156. The van der Waals surface area contributed by atoms with Crippen LogP contribution in [0.25, 0.3) is 0 Å². The van der Waals surface area contributed by atoms with Crippen LogP contribution in [0.1, 0.15) is 59.8 Å². The van der Waals surface area contributed by atoms with Crippen molar-refractivity contribution in [3.05, 3.63) is 53.8 Å². The van der Waals surface area contributed by atoms with Gasteiger partial charge in [-0.3, -0.25) is 4.79 Å². The molecule has 4 heteroatoms. The second kappa shape index (κ2) is 93.1. The van der Waals surface area contributed by atoms with Gasteiger partial charge in [-0.2, -0.15) is 6.42 Å². The molecule has 1 fully saturated rings. The molecule has 1 saturated heterocycles. The minimum Gasteiger partial charge on any atom is -0.466 e. The zero-order chi connectivity index (χ0) is 19.2. The fourth-order valence-electron chi connectivity index (χ4n) is 0.475. The van der Waals surface area contributed by atoms with Gasteiger partial charge in [-0.25, -0.2) is 0 Å². The van der Waals surface area contributed by atoms with E-state index in [1.807, 2.05) is 0 Å². The van der Waals surface area contributed by atoms with Crippen LogP contribution in [0.4, 0.5) is 0 Å². The molecule has 0 unspecified atom stereocenters. The molecule has 0 saturated carbocycles. The van der Waals surface area contributed by atoms with Gasteiger partial charge in [0.15, 0.2) is 0 Å². The van der Waals surface area contributed by atoms with E-state index in [4.69, 9.17) is 5.11 Å². The zero-order valence-electron chi connectivity index (χ0n) is 17.2. The van der Waals surface area contributed by atoms with Gasteiger partial charge < -0.3 is 24.2 Å². The minimum absolute atomic E-state index is 0. The van der Waals surface area contributed by atoms with Gasteiger partial charge in [0, 0.05) is 45.7 Å². The van der Waals surface area contributed by atoms with E-state index in [9.17, 15) is 4.79 Å². The van der Waals surface area contributed by atoms with Crippen molar-refractivity contribution < 1.29 is 47.3 Å². The average Bonchev–Trinajstić information content (AvgIpc) is 3.06. The smallest absolute Gasteiger partial charge is 0.305 e. The van der Waals surface area contributed by atoms with E-state index in [-0.39, 0.29) is 52.7 Å². The summed E-state index contributed by atoms with van der Waals surface area (Å²) in [6.07, 6.45) is 5.07. The second-order valence-electron chi connectivity index (χ2n) is 3.20. The third-order valence-corrected chi connectivity index (χ3v) is 1.14. The molecule has 0 aromatic carbocycles. The van der Waals surface area contributed by atoms with E-state index in [2.05, 4.69) is 71.9 Å². The summed E-state index contributed by atoms with van der Waals surface area (Å²) in [5.41, 5.74) is 0. The Balaban J connectivity index is -0.0000000216. The molecule has 0 aromatic rings. The molecule has 1 aliphatic heterocycles. The van der Waals surface area contributed by atoms with Gasteiger partial charge in [-0.15, -0.1) is 39.5 Å². The van der Waals surface area contributed by atoms with Crippen molar-refractivity contribution in [1.29, 1.82) is 0 Å². The van der Waals surface area contributed by atoms with Crippen LogP contribution in [0, 0.1) is 14.4 Å². The zero-order valence-corrected chi connectivity index (χ0v) is 20.1. The maximum atomic E-state index is 10.0. The average molecular weight is 421 g/mol. The van der Waals surface area contributed by atoms with Gasteiger partial charge >= 0.3 is 5.97 Å². The second-order valence-corrected chi connectivity index (χ2v) is 3.20. The SMILES string of the molecule is C=C.C=C.C=C.CCC.CCO.O=C1CCCO1.[CH2-]CCC.[CH3-].[Y]. The van der Waals surface area contributed by atoms with Crippen LogP contribution in [-0.4, -0.2) is 24.3 Å². The number of hydrogen-bond acceptors (Lipinski definition) is 3. The molecular formula is C20H44O3Y-2. The summed E-state index contributed by atoms with van der Waals surface area (Å²) in [7, 11) is 0. The molecule has 0 aliphatic carbocycles. The van der Waals surface area contributed by atoms with E-state index < -0.39 is 0 Å². The van der Waals surface area contributed by atoms with Crippen molar-refractivity contribution in [2.75, 3.05) is 13.2 Å². The summed E-state index contributed by atoms with van der Waals surface area (Å²) in [5.74, 6) is -0.0463. The summed E-state index contributed by atoms with van der Waals surface area (Å²) in [6.45, 7) is 30.5. The molecule has 1 radical (unpaired) electrons. The molecule has 0 atom stereocenters. The first-order chi connectivity index (χ1) is 10.6. The van der Waals surface area contributed by atoms with Crippen LogP contribution in [0.3, 0.4) is 0 Å². The molecule has 147 valence electrons. The molecule has 3 nitrogen and oxygen atoms in total. The molecule has 0 aromatic heterocycles. The van der Waals surface area contributed by atoms with Crippen molar-refractivity contribution in [2.45, 2.75) is 59.8 Å². The number of ether oxygens (including phenoxy) is 1. The molecule has 1 aliphatic rings. The maximum absolute atomic E-state index is 10.0. The summed E-state index contributed by atoms with van der Waals surface area (Å²) in [4.78, 5) is 10.0. The molecule has 1 N–H and O–H groups in total. The Morgan fingerprint density at radius 2 is 1.29 bits per heavy atom. The first-order valence-corrected chi connectivity index (χ1v) is 7.70. The normalized spacial score (nSPS) is 8.50. The molecular weight excluding hydrogens is 377 g/mol. The summed E-state index contributed by atoms with van der Waals surface area (Å²) in [6, 6.07) is 0. The van der Waals surface area contributed by atoms with Crippen molar-refractivity contribution in [1.82, 2.24) is 0 Å². The van der Waals surface area contributed by atoms with Crippen molar-refractivity contribution in [2.24, 2.45) is 0 Å². The van der Waals surface area contributed by atoms with Gasteiger partial charge in [0.2, 0.25) is 0 Å². The topological polar surface area (TPSA) is 46.5 Å². The Kier molecular flexibility index (Phi) is 192. The van der Waals surface area contributed by atoms with E-state index in [1.54, 1.807) is 6.92 Å². The first-order valence-electron chi connectivity index (χ1n) is 7.70. The molecule has 0 spiro atoms. The summed E-state index contributed by atoms with van der Waals surface area (Å²) in [5, 5.41) is 7.57.